The number of aliphatic hydroxyl groups excluding tert-OH is 1. The topological polar surface area (TPSA) is 55.8 Å². The van der Waals surface area contributed by atoms with Crippen molar-refractivity contribution in [3.63, 3.8) is 0 Å². The monoisotopic (exact) mass is 317 g/mol. The molecule has 2 aliphatic rings. The summed E-state index contributed by atoms with van der Waals surface area (Å²) in [4.78, 5) is 16.5. The van der Waals surface area contributed by atoms with Crippen molar-refractivity contribution in [1.29, 1.82) is 0 Å². The molecule has 1 amide bonds. The molecule has 1 atom stereocenters. The summed E-state index contributed by atoms with van der Waals surface area (Å²) in [6.45, 7) is 4.00. The summed E-state index contributed by atoms with van der Waals surface area (Å²) in [5.74, 6) is -0.0124. The molecule has 0 bridgehead atoms. The van der Waals surface area contributed by atoms with Crippen molar-refractivity contribution in [1.82, 2.24) is 4.90 Å². The number of β-amino-alcohol motifs (C(OH)–C–C–N with tert-alkyl or cyclic N) is 1. The number of carbonyl (C=O) groups is 1. The van der Waals surface area contributed by atoms with Crippen LogP contribution in [-0.2, 0) is 4.79 Å². The predicted molar refractivity (Wildman–Crippen MR) is 92.8 cm³/mol. The molecule has 2 aliphatic heterocycles. The van der Waals surface area contributed by atoms with Crippen LogP contribution in [0, 0.1) is 0 Å². The number of rotatable bonds is 4. The molecule has 0 aromatic heterocycles. The van der Waals surface area contributed by atoms with Gasteiger partial charge in [-0.05, 0) is 43.5 Å². The van der Waals surface area contributed by atoms with Crippen LogP contribution in [0.5, 0.6) is 0 Å². The first kappa shape index (κ1) is 16.3. The maximum atomic E-state index is 12.1. The summed E-state index contributed by atoms with van der Waals surface area (Å²) in [7, 11) is 0. The molecule has 2 heterocycles. The summed E-state index contributed by atoms with van der Waals surface area (Å²) in [6.07, 6.45) is 5.67. The van der Waals surface area contributed by atoms with Gasteiger partial charge in [0, 0.05) is 37.6 Å². The van der Waals surface area contributed by atoms with Crippen LogP contribution < -0.4 is 10.2 Å². The molecule has 3 rings (SSSR count). The highest BCUT2D eigenvalue weighted by Gasteiger charge is 2.21. The van der Waals surface area contributed by atoms with Gasteiger partial charge in [0.1, 0.15) is 0 Å². The molecule has 1 aromatic rings. The van der Waals surface area contributed by atoms with Crippen molar-refractivity contribution in [3.8, 4) is 0 Å². The molecule has 0 aliphatic carbocycles. The molecule has 1 aromatic carbocycles. The van der Waals surface area contributed by atoms with Crippen molar-refractivity contribution < 1.29 is 9.90 Å². The van der Waals surface area contributed by atoms with Gasteiger partial charge in [-0.15, -0.1) is 0 Å². The van der Waals surface area contributed by atoms with Crippen LogP contribution in [0.4, 0.5) is 11.4 Å². The van der Waals surface area contributed by atoms with E-state index in [4.69, 9.17) is 0 Å². The number of carbonyl (C=O) groups excluding carboxylic acids is 1. The molecule has 126 valence electrons. The molecule has 0 unspecified atom stereocenters. The number of benzene rings is 1. The van der Waals surface area contributed by atoms with E-state index in [2.05, 4.69) is 22.3 Å². The third kappa shape index (κ3) is 4.69. The second-order valence-electron chi connectivity index (χ2n) is 6.67. The quantitative estimate of drug-likeness (QED) is 0.893. The highest BCUT2D eigenvalue weighted by atomic mass is 16.3. The first-order chi connectivity index (χ1) is 11.2. The Morgan fingerprint density at radius 3 is 2.39 bits per heavy atom. The van der Waals surface area contributed by atoms with E-state index >= 15 is 0 Å². The Kier molecular flexibility index (Phi) is 5.51. The summed E-state index contributed by atoms with van der Waals surface area (Å²) in [5, 5.41) is 12.4. The van der Waals surface area contributed by atoms with Crippen molar-refractivity contribution >= 4 is 17.3 Å². The van der Waals surface area contributed by atoms with E-state index in [9.17, 15) is 9.90 Å². The standard InChI is InChI=1S/C18H27N3O2/c22-17-9-12-20(13-17)14-18(23)19-15-5-7-16(8-6-15)21-10-3-1-2-4-11-21/h5-8,17,22H,1-4,9-14H2,(H,19,23)/t17-/m0/s1. The van der Waals surface area contributed by atoms with Crippen LogP contribution in [-0.4, -0.2) is 54.7 Å². The Morgan fingerprint density at radius 2 is 1.78 bits per heavy atom. The largest absolute Gasteiger partial charge is 0.392 e. The van der Waals surface area contributed by atoms with Gasteiger partial charge < -0.3 is 15.3 Å². The minimum atomic E-state index is -0.282. The zero-order valence-electron chi connectivity index (χ0n) is 13.7. The fraction of sp³-hybridized carbons (Fsp3) is 0.611. The van der Waals surface area contributed by atoms with E-state index in [0.29, 0.717) is 13.1 Å². The van der Waals surface area contributed by atoms with Crippen molar-refractivity contribution in [2.75, 3.05) is 42.9 Å². The van der Waals surface area contributed by atoms with E-state index < -0.39 is 0 Å². The summed E-state index contributed by atoms with van der Waals surface area (Å²) < 4.78 is 0. The van der Waals surface area contributed by atoms with E-state index in [1.807, 2.05) is 17.0 Å². The van der Waals surface area contributed by atoms with Gasteiger partial charge in [-0.1, -0.05) is 12.8 Å². The Labute approximate surface area is 138 Å². The average molecular weight is 317 g/mol. The second kappa shape index (κ2) is 7.79. The highest BCUT2D eigenvalue weighted by Crippen LogP contribution is 2.21. The summed E-state index contributed by atoms with van der Waals surface area (Å²) in [6, 6.07) is 8.16. The second-order valence-corrected chi connectivity index (χ2v) is 6.67. The zero-order valence-corrected chi connectivity index (χ0v) is 13.7. The van der Waals surface area contributed by atoms with Crippen molar-refractivity contribution in [2.24, 2.45) is 0 Å². The predicted octanol–water partition coefficient (Wildman–Crippen LogP) is 2.07. The Balaban J connectivity index is 1.51. The van der Waals surface area contributed by atoms with Gasteiger partial charge in [-0.25, -0.2) is 0 Å². The minimum absolute atomic E-state index is 0.0124. The lowest BCUT2D eigenvalue weighted by molar-refractivity contribution is -0.117. The molecule has 2 saturated heterocycles. The van der Waals surface area contributed by atoms with Crippen LogP contribution >= 0.6 is 0 Å². The van der Waals surface area contributed by atoms with Gasteiger partial charge >= 0.3 is 0 Å². The maximum Gasteiger partial charge on any atom is 0.238 e. The molecule has 0 spiro atoms. The molecule has 0 radical (unpaired) electrons. The Bertz CT molecular complexity index is 510. The Morgan fingerprint density at radius 1 is 1.09 bits per heavy atom. The lowest BCUT2D eigenvalue weighted by Crippen LogP contribution is -2.32. The van der Waals surface area contributed by atoms with Crippen LogP contribution in [0.3, 0.4) is 0 Å². The number of hydrogen-bond donors (Lipinski definition) is 2. The van der Waals surface area contributed by atoms with Crippen molar-refractivity contribution in [3.05, 3.63) is 24.3 Å². The number of aliphatic hydroxyl groups is 1. The summed E-state index contributed by atoms with van der Waals surface area (Å²) >= 11 is 0. The van der Waals surface area contributed by atoms with Crippen molar-refractivity contribution in [2.45, 2.75) is 38.2 Å². The normalized spacial score (nSPS) is 22.8. The number of likely N-dealkylation sites (tertiary alicyclic amines) is 1. The Hall–Kier alpha value is -1.59. The van der Waals surface area contributed by atoms with Crippen LogP contribution in [0.25, 0.3) is 0 Å². The van der Waals surface area contributed by atoms with Gasteiger partial charge in [-0.2, -0.15) is 0 Å². The van der Waals surface area contributed by atoms with Gasteiger partial charge in [0.05, 0.1) is 12.6 Å². The highest BCUT2D eigenvalue weighted by molar-refractivity contribution is 5.92. The molecular formula is C18H27N3O2. The number of anilines is 2. The van der Waals surface area contributed by atoms with Gasteiger partial charge in [0.15, 0.2) is 0 Å². The molecule has 2 N–H and O–H groups in total. The van der Waals surface area contributed by atoms with E-state index in [1.165, 1.54) is 31.4 Å². The maximum absolute atomic E-state index is 12.1. The summed E-state index contributed by atoms with van der Waals surface area (Å²) in [5.41, 5.74) is 2.08. The van der Waals surface area contributed by atoms with E-state index in [-0.39, 0.29) is 12.0 Å². The fourth-order valence-electron chi connectivity index (χ4n) is 3.44. The van der Waals surface area contributed by atoms with Crippen LogP contribution in [0.2, 0.25) is 0 Å². The fourth-order valence-corrected chi connectivity index (χ4v) is 3.44. The number of nitrogens with one attached hydrogen (secondary N) is 1. The number of hydrogen-bond acceptors (Lipinski definition) is 4. The van der Waals surface area contributed by atoms with E-state index in [0.717, 1.165) is 31.7 Å². The smallest absolute Gasteiger partial charge is 0.238 e. The average Bonchev–Trinajstić information content (AvgIpc) is 2.78. The molecule has 2 fully saturated rings. The number of amides is 1. The van der Waals surface area contributed by atoms with E-state index in [1.54, 1.807) is 0 Å². The molecule has 5 heteroatoms. The van der Waals surface area contributed by atoms with Gasteiger partial charge in [0.2, 0.25) is 5.91 Å². The van der Waals surface area contributed by atoms with Crippen LogP contribution in [0.15, 0.2) is 24.3 Å². The van der Waals surface area contributed by atoms with Crippen LogP contribution in [0.1, 0.15) is 32.1 Å². The molecule has 23 heavy (non-hydrogen) atoms. The number of nitrogens with zero attached hydrogens (tertiary/aromatic N) is 2. The molecule has 5 nitrogen and oxygen atoms in total. The minimum Gasteiger partial charge on any atom is -0.392 e. The lowest BCUT2D eigenvalue weighted by Gasteiger charge is -2.23. The van der Waals surface area contributed by atoms with Gasteiger partial charge in [-0.3, -0.25) is 9.69 Å². The third-order valence-electron chi connectivity index (χ3n) is 4.74. The molecule has 0 saturated carbocycles. The zero-order chi connectivity index (χ0) is 16.1. The first-order valence-electron chi connectivity index (χ1n) is 8.76. The van der Waals surface area contributed by atoms with Gasteiger partial charge in [0.25, 0.3) is 0 Å². The SMILES string of the molecule is O=C(CN1CC[C@H](O)C1)Nc1ccc(N2CCCCCC2)cc1. The third-order valence-corrected chi connectivity index (χ3v) is 4.74. The first-order valence-corrected chi connectivity index (χ1v) is 8.76. The lowest BCUT2D eigenvalue weighted by atomic mass is 10.2. The molecular weight excluding hydrogens is 290 g/mol.